The normalized spacial score (nSPS) is 19.7. The average Bonchev–Trinajstić information content (AvgIpc) is 2.91. The highest BCUT2D eigenvalue weighted by Gasteiger charge is 2.24. The first kappa shape index (κ1) is 19.1. The van der Waals surface area contributed by atoms with Gasteiger partial charge in [0, 0.05) is 44.6 Å². The summed E-state index contributed by atoms with van der Waals surface area (Å²) in [5.74, 6) is -0.114. The van der Waals surface area contributed by atoms with Gasteiger partial charge < -0.3 is 21.1 Å². The standard InChI is InChI=1S/C14H20N4O4.ClH/c19-13-9-15-7-10(13)8-17-14(20)5-6-16-11-3-1-2-4-12(11)18(21)22;/h1-4,10,13,15-16,19H,5-9H2,(H,17,20);1H. The second-order valence-corrected chi connectivity index (χ2v) is 5.24. The number of nitrogens with one attached hydrogen (secondary N) is 3. The van der Waals surface area contributed by atoms with Gasteiger partial charge in [0.05, 0.1) is 11.0 Å². The van der Waals surface area contributed by atoms with Crippen LogP contribution in [-0.4, -0.2) is 48.2 Å². The summed E-state index contributed by atoms with van der Waals surface area (Å²) < 4.78 is 0. The van der Waals surface area contributed by atoms with Crippen LogP contribution in [0.15, 0.2) is 24.3 Å². The summed E-state index contributed by atoms with van der Waals surface area (Å²) in [6.07, 6.45) is -0.215. The Morgan fingerprint density at radius 3 is 2.78 bits per heavy atom. The van der Waals surface area contributed by atoms with E-state index in [0.29, 0.717) is 31.9 Å². The quantitative estimate of drug-likeness (QED) is 0.423. The smallest absolute Gasteiger partial charge is 0.292 e. The molecular formula is C14H21ClN4O4. The molecule has 1 amide bonds. The van der Waals surface area contributed by atoms with E-state index in [4.69, 9.17) is 0 Å². The van der Waals surface area contributed by atoms with E-state index < -0.39 is 11.0 Å². The number of aliphatic hydroxyl groups is 1. The Bertz CT molecular complexity index is 543. The van der Waals surface area contributed by atoms with Crippen molar-refractivity contribution in [3.8, 4) is 0 Å². The molecule has 0 aliphatic carbocycles. The number of amides is 1. The van der Waals surface area contributed by atoms with Gasteiger partial charge in [0.1, 0.15) is 5.69 Å². The van der Waals surface area contributed by atoms with E-state index in [1.54, 1.807) is 18.2 Å². The summed E-state index contributed by atoms with van der Waals surface area (Å²) in [6.45, 7) is 1.98. The fourth-order valence-corrected chi connectivity index (χ4v) is 2.35. The first-order valence-corrected chi connectivity index (χ1v) is 7.20. The highest BCUT2D eigenvalue weighted by atomic mass is 35.5. The van der Waals surface area contributed by atoms with E-state index in [9.17, 15) is 20.0 Å². The minimum Gasteiger partial charge on any atom is -0.391 e. The number of aliphatic hydroxyl groups excluding tert-OH is 1. The summed E-state index contributed by atoms with van der Waals surface area (Å²) >= 11 is 0. The third-order valence-electron chi connectivity index (χ3n) is 3.63. The fourth-order valence-electron chi connectivity index (χ4n) is 2.35. The van der Waals surface area contributed by atoms with Gasteiger partial charge in [-0.25, -0.2) is 0 Å². The molecule has 2 unspecified atom stereocenters. The second kappa shape index (κ2) is 9.29. The highest BCUT2D eigenvalue weighted by molar-refractivity contribution is 5.85. The van der Waals surface area contributed by atoms with Gasteiger partial charge in [-0.1, -0.05) is 12.1 Å². The predicted molar refractivity (Wildman–Crippen MR) is 88.8 cm³/mol. The lowest BCUT2D eigenvalue weighted by atomic mass is 10.1. The first-order valence-electron chi connectivity index (χ1n) is 7.20. The molecule has 1 aromatic rings. The van der Waals surface area contributed by atoms with Crippen molar-refractivity contribution in [2.24, 2.45) is 5.92 Å². The molecule has 0 saturated carbocycles. The maximum absolute atomic E-state index is 11.7. The number of benzene rings is 1. The van der Waals surface area contributed by atoms with Gasteiger partial charge >= 0.3 is 0 Å². The number of anilines is 1. The Hall–Kier alpha value is -1.90. The van der Waals surface area contributed by atoms with E-state index in [-0.39, 0.29) is 36.3 Å². The summed E-state index contributed by atoms with van der Waals surface area (Å²) in [5.41, 5.74) is 0.388. The molecule has 0 aromatic heterocycles. The molecule has 2 rings (SSSR count). The van der Waals surface area contributed by atoms with Crippen molar-refractivity contribution < 1.29 is 14.8 Å². The predicted octanol–water partition coefficient (Wildman–Crippen LogP) is 0.515. The molecule has 0 spiro atoms. The number of hydrogen-bond acceptors (Lipinski definition) is 6. The van der Waals surface area contributed by atoms with Gasteiger partial charge in [-0.05, 0) is 6.07 Å². The van der Waals surface area contributed by atoms with Crippen LogP contribution in [0.25, 0.3) is 0 Å². The van der Waals surface area contributed by atoms with E-state index in [0.717, 1.165) is 0 Å². The number of nitrogens with zero attached hydrogens (tertiary/aromatic N) is 1. The van der Waals surface area contributed by atoms with Crippen molar-refractivity contribution in [2.75, 3.05) is 31.5 Å². The lowest BCUT2D eigenvalue weighted by Crippen LogP contribution is -2.35. The number of halogens is 1. The molecule has 1 aliphatic rings. The maximum atomic E-state index is 11.7. The fraction of sp³-hybridized carbons (Fsp3) is 0.500. The first-order chi connectivity index (χ1) is 10.6. The maximum Gasteiger partial charge on any atom is 0.292 e. The number of β-amino-alcohol motifs (C(OH)–C–C–N with tert-alkyl or cyclic N) is 1. The molecule has 2 atom stereocenters. The Morgan fingerprint density at radius 1 is 1.39 bits per heavy atom. The molecular weight excluding hydrogens is 324 g/mol. The molecule has 1 heterocycles. The van der Waals surface area contributed by atoms with Crippen molar-refractivity contribution in [3.05, 3.63) is 34.4 Å². The van der Waals surface area contributed by atoms with Crippen molar-refractivity contribution in [2.45, 2.75) is 12.5 Å². The Morgan fingerprint density at radius 2 is 2.13 bits per heavy atom. The summed E-state index contributed by atoms with van der Waals surface area (Å²) in [5, 5.41) is 29.2. The van der Waals surface area contributed by atoms with E-state index in [1.807, 2.05) is 0 Å². The third-order valence-corrected chi connectivity index (χ3v) is 3.63. The molecule has 1 aliphatic heterocycles. The van der Waals surface area contributed by atoms with E-state index >= 15 is 0 Å². The molecule has 23 heavy (non-hydrogen) atoms. The zero-order valence-corrected chi connectivity index (χ0v) is 13.3. The number of para-hydroxylation sites is 2. The monoisotopic (exact) mass is 344 g/mol. The van der Waals surface area contributed by atoms with E-state index in [1.165, 1.54) is 6.07 Å². The molecule has 1 saturated heterocycles. The number of rotatable bonds is 7. The Labute approximate surface area is 140 Å². The van der Waals surface area contributed by atoms with Crippen LogP contribution < -0.4 is 16.0 Å². The zero-order valence-electron chi connectivity index (χ0n) is 12.5. The van der Waals surface area contributed by atoms with Gasteiger partial charge in [-0.3, -0.25) is 14.9 Å². The van der Waals surface area contributed by atoms with Gasteiger partial charge in [0.25, 0.3) is 5.69 Å². The number of carbonyl (C=O) groups is 1. The minimum atomic E-state index is -0.461. The van der Waals surface area contributed by atoms with Crippen LogP contribution in [-0.2, 0) is 4.79 Å². The van der Waals surface area contributed by atoms with Crippen LogP contribution in [0.3, 0.4) is 0 Å². The van der Waals surface area contributed by atoms with Gasteiger partial charge in [0.2, 0.25) is 5.91 Å². The summed E-state index contributed by atoms with van der Waals surface area (Å²) in [4.78, 5) is 22.1. The molecule has 128 valence electrons. The van der Waals surface area contributed by atoms with Gasteiger partial charge in [0.15, 0.2) is 0 Å². The number of nitro groups is 1. The SMILES string of the molecule is Cl.O=C(CCNc1ccccc1[N+](=O)[O-])NCC1CNCC1O. The van der Waals surface area contributed by atoms with Gasteiger partial charge in [-0.2, -0.15) is 0 Å². The second-order valence-electron chi connectivity index (χ2n) is 5.24. The summed E-state index contributed by atoms with van der Waals surface area (Å²) in [7, 11) is 0. The summed E-state index contributed by atoms with van der Waals surface area (Å²) in [6, 6.07) is 6.31. The minimum absolute atomic E-state index is 0. The Balaban J connectivity index is 0.00000264. The van der Waals surface area contributed by atoms with Crippen molar-refractivity contribution in [1.82, 2.24) is 10.6 Å². The van der Waals surface area contributed by atoms with Crippen LogP contribution in [0.1, 0.15) is 6.42 Å². The largest absolute Gasteiger partial charge is 0.391 e. The van der Waals surface area contributed by atoms with Crippen LogP contribution in [0, 0.1) is 16.0 Å². The molecule has 8 nitrogen and oxygen atoms in total. The topological polar surface area (TPSA) is 117 Å². The lowest BCUT2D eigenvalue weighted by Gasteiger charge is -2.14. The molecule has 9 heteroatoms. The van der Waals surface area contributed by atoms with Crippen molar-refractivity contribution in [1.29, 1.82) is 0 Å². The molecule has 1 aromatic carbocycles. The number of nitro benzene ring substituents is 1. The van der Waals surface area contributed by atoms with Crippen LogP contribution in [0.5, 0.6) is 0 Å². The molecule has 4 N–H and O–H groups in total. The molecule has 1 fully saturated rings. The lowest BCUT2D eigenvalue weighted by molar-refractivity contribution is -0.384. The van der Waals surface area contributed by atoms with Crippen LogP contribution in [0.4, 0.5) is 11.4 Å². The van der Waals surface area contributed by atoms with Crippen molar-refractivity contribution in [3.63, 3.8) is 0 Å². The van der Waals surface area contributed by atoms with Crippen LogP contribution in [0.2, 0.25) is 0 Å². The third kappa shape index (κ3) is 5.66. The number of carbonyl (C=O) groups excluding carboxylic acids is 1. The van der Waals surface area contributed by atoms with Crippen molar-refractivity contribution >= 4 is 29.7 Å². The Kier molecular flexibility index (Phi) is 7.73. The highest BCUT2D eigenvalue weighted by Crippen LogP contribution is 2.22. The zero-order chi connectivity index (χ0) is 15.9. The average molecular weight is 345 g/mol. The molecule has 0 bridgehead atoms. The van der Waals surface area contributed by atoms with Gasteiger partial charge in [-0.15, -0.1) is 12.4 Å². The molecule has 0 radical (unpaired) electrons. The van der Waals surface area contributed by atoms with E-state index in [2.05, 4.69) is 16.0 Å². The number of hydrogen-bond donors (Lipinski definition) is 4. The van der Waals surface area contributed by atoms with Crippen LogP contribution >= 0.6 is 12.4 Å².